The molecular weight excluding hydrogens is 282 g/mol. The van der Waals surface area contributed by atoms with Crippen LogP contribution in [0.2, 0.25) is 0 Å². The maximum atomic E-state index is 12.6. The highest BCUT2D eigenvalue weighted by atomic mass is 16.5. The zero-order chi connectivity index (χ0) is 16.3. The fourth-order valence-corrected chi connectivity index (χ4v) is 2.19. The van der Waals surface area contributed by atoms with E-state index >= 15 is 0 Å². The summed E-state index contributed by atoms with van der Waals surface area (Å²) in [5, 5.41) is 11.0. The Kier molecular flexibility index (Phi) is 4.95. The molecule has 0 aliphatic rings. The van der Waals surface area contributed by atoms with E-state index in [9.17, 15) is 4.79 Å². The molecular formula is C15H23N5O2. The lowest BCUT2D eigenvalue weighted by atomic mass is 10.1. The van der Waals surface area contributed by atoms with Crippen molar-refractivity contribution in [3.8, 4) is 0 Å². The van der Waals surface area contributed by atoms with Crippen LogP contribution in [-0.2, 0) is 13.0 Å². The number of amides is 1. The molecule has 0 fully saturated rings. The van der Waals surface area contributed by atoms with Gasteiger partial charge in [-0.15, -0.1) is 0 Å². The predicted molar refractivity (Wildman–Crippen MR) is 81.5 cm³/mol. The summed E-state index contributed by atoms with van der Waals surface area (Å²) in [4.78, 5) is 18.6. The fraction of sp³-hybridized carbons (Fsp3) is 0.600. The highest BCUT2D eigenvalue weighted by molar-refractivity contribution is 5.93. The topological polar surface area (TPSA) is 87.9 Å². The molecule has 2 rings (SSSR count). The summed E-state index contributed by atoms with van der Waals surface area (Å²) in [6.45, 7) is 10.7. The van der Waals surface area contributed by atoms with Gasteiger partial charge < -0.3 is 9.42 Å². The molecule has 2 aromatic heterocycles. The third kappa shape index (κ3) is 3.18. The van der Waals surface area contributed by atoms with E-state index in [1.54, 1.807) is 4.90 Å². The Morgan fingerprint density at radius 3 is 2.59 bits per heavy atom. The number of aromatic amines is 1. The summed E-state index contributed by atoms with van der Waals surface area (Å²) >= 11 is 0. The van der Waals surface area contributed by atoms with Crippen LogP contribution < -0.4 is 0 Å². The SMILES string of the molecule is CCc1[nH]nc(C(=O)N(CC)Cc2nc(C(C)C)no2)c1C. The van der Waals surface area contributed by atoms with Crippen LogP contribution in [0.25, 0.3) is 0 Å². The minimum atomic E-state index is -0.125. The number of hydrogen-bond acceptors (Lipinski definition) is 5. The number of nitrogens with zero attached hydrogens (tertiary/aromatic N) is 4. The van der Waals surface area contributed by atoms with Crippen LogP contribution in [0.1, 0.15) is 67.1 Å². The lowest BCUT2D eigenvalue weighted by molar-refractivity contribution is 0.0728. The maximum absolute atomic E-state index is 12.6. The Morgan fingerprint density at radius 2 is 2.09 bits per heavy atom. The Hall–Kier alpha value is -2.18. The smallest absolute Gasteiger partial charge is 0.275 e. The summed E-state index contributed by atoms with van der Waals surface area (Å²) in [6, 6.07) is 0. The average molecular weight is 305 g/mol. The second-order valence-corrected chi connectivity index (χ2v) is 5.55. The molecule has 7 heteroatoms. The number of aryl methyl sites for hydroxylation is 1. The summed E-state index contributed by atoms with van der Waals surface area (Å²) < 4.78 is 5.22. The highest BCUT2D eigenvalue weighted by Crippen LogP contribution is 2.15. The molecule has 2 aromatic rings. The van der Waals surface area contributed by atoms with Crippen LogP contribution in [0.15, 0.2) is 4.52 Å². The fourth-order valence-electron chi connectivity index (χ4n) is 2.19. The molecule has 0 spiro atoms. The first kappa shape index (κ1) is 16.2. The lowest BCUT2D eigenvalue weighted by Gasteiger charge is -2.17. The van der Waals surface area contributed by atoms with Crippen LogP contribution in [0.4, 0.5) is 0 Å². The van der Waals surface area contributed by atoms with Crippen molar-refractivity contribution in [3.63, 3.8) is 0 Å². The van der Waals surface area contributed by atoms with E-state index in [0.717, 1.165) is 17.7 Å². The molecule has 0 saturated heterocycles. The average Bonchev–Trinajstić information content (AvgIpc) is 3.10. The summed E-state index contributed by atoms with van der Waals surface area (Å²) in [5.74, 6) is 1.18. The van der Waals surface area contributed by atoms with Gasteiger partial charge in [0.15, 0.2) is 11.5 Å². The van der Waals surface area contributed by atoms with Gasteiger partial charge in [-0.2, -0.15) is 10.1 Å². The van der Waals surface area contributed by atoms with Crippen LogP contribution in [0.5, 0.6) is 0 Å². The van der Waals surface area contributed by atoms with Crippen LogP contribution >= 0.6 is 0 Å². The van der Waals surface area contributed by atoms with Crippen LogP contribution in [-0.4, -0.2) is 37.7 Å². The molecule has 22 heavy (non-hydrogen) atoms. The lowest BCUT2D eigenvalue weighted by Crippen LogP contribution is -2.31. The molecule has 0 saturated carbocycles. The molecule has 0 bridgehead atoms. The van der Waals surface area contributed by atoms with Gasteiger partial charge in [-0.3, -0.25) is 9.89 Å². The van der Waals surface area contributed by atoms with Crippen molar-refractivity contribution in [1.82, 2.24) is 25.2 Å². The molecule has 120 valence electrons. The monoisotopic (exact) mass is 305 g/mol. The second-order valence-electron chi connectivity index (χ2n) is 5.55. The predicted octanol–water partition coefficient (Wildman–Crippen LogP) is 2.45. The molecule has 0 radical (unpaired) electrons. The zero-order valence-electron chi connectivity index (χ0n) is 13.8. The normalized spacial score (nSPS) is 11.2. The first-order chi connectivity index (χ1) is 10.5. The van der Waals surface area contributed by atoms with E-state index in [1.807, 2.05) is 34.6 Å². The molecule has 0 aliphatic heterocycles. The number of H-pyrrole nitrogens is 1. The quantitative estimate of drug-likeness (QED) is 0.885. The van der Waals surface area contributed by atoms with Gasteiger partial charge in [-0.1, -0.05) is 25.9 Å². The van der Waals surface area contributed by atoms with Gasteiger partial charge in [0.25, 0.3) is 5.91 Å². The molecule has 0 aliphatic carbocycles. The van der Waals surface area contributed by atoms with Gasteiger partial charge in [0.1, 0.15) is 6.54 Å². The van der Waals surface area contributed by atoms with Crippen LogP contribution in [0.3, 0.4) is 0 Å². The minimum absolute atomic E-state index is 0.125. The van der Waals surface area contributed by atoms with Gasteiger partial charge >= 0.3 is 0 Å². The van der Waals surface area contributed by atoms with Crippen molar-refractivity contribution in [1.29, 1.82) is 0 Å². The van der Waals surface area contributed by atoms with Gasteiger partial charge in [0, 0.05) is 23.7 Å². The van der Waals surface area contributed by atoms with E-state index in [0.29, 0.717) is 30.5 Å². The first-order valence-corrected chi connectivity index (χ1v) is 7.63. The molecule has 1 amide bonds. The Labute approximate surface area is 130 Å². The van der Waals surface area contributed by atoms with Gasteiger partial charge in [0.05, 0.1) is 0 Å². The molecule has 7 nitrogen and oxygen atoms in total. The number of hydrogen-bond donors (Lipinski definition) is 1. The number of carbonyl (C=O) groups is 1. The Balaban J connectivity index is 2.16. The maximum Gasteiger partial charge on any atom is 0.275 e. The van der Waals surface area contributed by atoms with Crippen molar-refractivity contribution in [2.45, 2.75) is 53.5 Å². The largest absolute Gasteiger partial charge is 0.337 e. The molecule has 1 N–H and O–H groups in total. The minimum Gasteiger partial charge on any atom is -0.337 e. The molecule has 0 unspecified atom stereocenters. The van der Waals surface area contributed by atoms with Crippen molar-refractivity contribution in [2.75, 3.05) is 6.54 Å². The second kappa shape index (κ2) is 6.72. The van der Waals surface area contributed by atoms with E-state index in [2.05, 4.69) is 20.3 Å². The van der Waals surface area contributed by atoms with E-state index < -0.39 is 0 Å². The molecule has 2 heterocycles. The third-order valence-electron chi connectivity index (χ3n) is 3.66. The number of nitrogens with one attached hydrogen (secondary N) is 1. The summed E-state index contributed by atoms with van der Waals surface area (Å²) in [7, 11) is 0. The standard InChI is InChI=1S/C15H23N5O2/c1-6-11-10(5)13(18-17-11)15(21)20(7-2)8-12-16-14(9(3)4)19-22-12/h9H,6-8H2,1-5H3,(H,17,18). The van der Waals surface area contributed by atoms with Gasteiger partial charge in [-0.25, -0.2) is 0 Å². The molecule has 0 aromatic carbocycles. The number of rotatable bonds is 6. The van der Waals surface area contributed by atoms with Gasteiger partial charge in [-0.05, 0) is 20.3 Å². The highest BCUT2D eigenvalue weighted by Gasteiger charge is 2.23. The molecule has 0 atom stereocenters. The first-order valence-electron chi connectivity index (χ1n) is 7.63. The zero-order valence-corrected chi connectivity index (χ0v) is 13.8. The Bertz CT molecular complexity index is 644. The van der Waals surface area contributed by atoms with Crippen molar-refractivity contribution in [3.05, 3.63) is 28.7 Å². The summed E-state index contributed by atoms with van der Waals surface area (Å²) in [6.07, 6.45) is 0.819. The van der Waals surface area contributed by atoms with Crippen molar-refractivity contribution in [2.24, 2.45) is 0 Å². The van der Waals surface area contributed by atoms with E-state index in [-0.39, 0.29) is 11.8 Å². The Morgan fingerprint density at radius 1 is 1.36 bits per heavy atom. The summed E-state index contributed by atoms with van der Waals surface area (Å²) in [5.41, 5.74) is 2.35. The van der Waals surface area contributed by atoms with Crippen molar-refractivity contribution >= 4 is 5.91 Å². The van der Waals surface area contributed by atoms with Crippen LogP contribution in [0, 0.1) is 6.92 Å². The van der Waals surface area contributed by atoms with Crippen molar-refractivity contribution < 1.29 is 9.32 Å². The van der Waals surface area contributed by atoms with E-state index in [4.69, 9.17) is 4.52 Å². The van der Waals surface area contributed by atoms with E-state index in [1.165, 1.54) is 0 Å². The number of carbonyl (C=O) groups excluding carboxylic acids is 1. The third-order valence-corrected chi connectivity index (χ3v) is 3.66. The number of aromatic nitrogens is 4. The van der Waals surface area contributed by atoms with Gasteiger partial charge in [0.2, 0.25) is 5.89 Å².